The van der Waals surface area contributed by atoms with Gasteiger partial charge in [0.2, 0.25) is 10.0 Å². The molecule has 1 fully saturated rings. The average Bonchev–Trinajstić information content (AvgIpc) is 2.93. The fraction of sp³-hybridized carbons (Fsp3) is 0.333. The Bertz CT molecular complexity index is 482. The van der Waals surface area contributed by atoms with Crippen molar-refractivity contribution < 1.29 is 13.5 Å². The van der Waals surface area contributed by atoms with Gasteiger partial charge in [0.25, 0.3) is 0 Å². The van der Waals surface area contributed by atoms with Crippen molar-refractivity contribution in [2.75, 3.05) is 4.72 Å². The second-order valence-corrected chi connectivity index (χ2v) is 6.38. The van der Waals surface area contributed by atoms with Crippen LogP contribution in [0.25, 0.3) is 0 Å². The quantitative estimate of drug-likeness (QED) is 0.838. The summed E-state index contributed by atoms with van der Waals surface area (Å²) in [6, 6.07) is 4.62. The maximum absolute atomic E-state index is 11.6. The van der Waals surface area contributed by atoms with E-state index in [1.165, 1.54) is 12.1 Å². The van der Waals surface area contributed by atoms with E-state index in [0.717, 1.165) is 0 Å². The van der Waals surface area contributed by atoms with E-state index in [0.29, 0.717) is 17.3 Å². The van der Waals surface area contributed by atoms with Crippen molar-refractivity contribution >= 4 is 31.6 Å². The first-order chi connectivity index (χ1) is 6.99. The summed E-state index contributed by atoms with van der Waals surface area (Å²) in [5.41, 5.74) is 0.219. The normalized spacial score (nSPS) is 16.3. The smallest absolute Gasteiger partial charge is 0.235 e. The predicted molar refractivity (Wildman–Crippen MR) is 61.4 cm³/mol. The van der Waals surface area contributed by atoms with Crippen molar-refractivity contribution in [3.05, 3.63) is 22.7 Å². The molecule has 1 aliphatic carbocycles. The average molecular weight is 292 g/mol. The molecular formula is C9H10BrNO3S. The van der Waals surface area contributed by atoms with Crippen LogP contribution in [-0.4, -0.2) is 18.8 Å². The topological polar surface area (TPSA) is 66.4 Å². The zero-order chi connectivity index (χ0) is 11.1. The summed E-state index contributed by atoms with van der Waals surface area (Å²) in [7, 11) is -3.31. The third kappa shape index (κ3) is 2.43. The van der Waals surface area contributed by atoms with Gasteiger partial charge in [0.1, 0.15) is 5.75 Å². The van der Waals surface area contributed by atoms with Crippen LogP contribution in [0.4, 0.5) is 5.69 Å². The van der Waals surface area contributed by atoms with Crippen LogP contribution in [0.3, 0.4) is 0 Å². The Morgan fingerprint density at radius 1 is 1.40 bits per heavy atom. The Hall–Kier alpha value is -0.750. The van der Waals surface area contributed by atoms with Gasteiger partial charge in [0.15, 0.2) is 0 Å². The highest BCUT2D eigenvalue weighted by Gasteiger charge is 2.36. The molecule has 1 saturated carbocycles. The van der Waals surface area contributed by atoms with Crippen molar-refractivity contribution in [1.82, 2.24) is 0 Å². The fourth-order valence-electron chi connectivity index (χ4n) is 1.20. The highest BCUT2D eigenvalue weighted by Crippen LogP contribution is 2.33. The van der Waals surface area contributed by atoms with E-state index in [9.17, 15) is 13.5 Å². The first-order valence-corrected chi connectivity index (χ1v) is 6.83. The monoisotopic (exact) mass is 291 g/mol. The zero-order valence-corrected chi connectivity index (χ0v) is 10.2. The number of phenols is 1. The molecule has 15 heavy (non-hydrogen) atoms. The van der Waals surface area contributed by atoms with Crippen LogP contribution >= 0.6 is 15.9 Å². The molecule has 0 aliphatic heterocycles. The second kappa shape index (κ2) is 3.68. The fourth-order valence-corrected chi connectivity index (χ4v) is 2.96. The minimum atomic E-state index is -3.31. The summed E-state index contributed by atoms with van der Waals surface area (Å²) in [6.07, 6.45) is 1.40. The number of sulfonamides is 1. The van der Waals surface area contributed by atoms with Crippen LogP contribution in [0, 0.1) is 0 Å². The summed E-state index contributed by atoms with van der Waals surface area (Å²) in [5.74, 6) is -0.0672. The van der Waals surface area contributed by atoms with Gasteiger partial charge in [-0.05, 0) is 31.0 Å². The van der Waals surface area contributed by atoms with Crippen LogP contribution < -0.4 is 4.72 Å². The molecule has 1 aromatic rings. The second-order valence-electron chi connectivity index (χ2n) is 3.51. The minimum Gasteiger partial charge on any atom is -0.506 e. The molecule has 0 atom stereocenters. The molecule has 0 bridgehead atoms. The van der Waals surface area contributed by atoms with Gasteiger partial charge in [-0.2, -0.15) is 0 Å². The molecule has 2 rings (SSSR count). The van der Waals surface area contributed by atoms with E-state index >= 15 is 0 Å². The molecule has 0 spiro atoms. The number of anilines is 1. The number of halogens is 1. The van der Waals surface area contributed by atoms with Crippen LogP contribution in [-0.2, 0) is 10.0 Å². The number of aromatic hydroxyl groups is 1. The lowest BCUT2D eigenvalue weighted by Gasteiger charge is -2.08. The van der Waals surface area contributed by atoms with E-state index in [1.54, 1.807) is 6.07 Å². The number of rotatable bonds is 3. The third-order valence-corrected chi connectivity index (χ3v) is 4.52. The summed E-state index contributed by atoms with van der Waals surface area (Å²) >= 11 is 3.21. The molecule has 0 unspecified atom stereocenters. The summed E-state index contributed by atoms with van der Waals surface area (Å²) in [4.78, 5) is 0. The lowest BCUT2D eigenvalue weighted by molar-refractivity contribution is 0.477. The van der Waals surface area contributed by atoms with Crippen LogP contribution in [0.1, 0.15) is 12.8 Å². The Labute approximate surface area is 96.5 Å². The first kappa shape index (κ1) is 10.8. The van der Waals surface area contributed by atoms with Crippen LogP contribution in [0.2, 0.25) is 0 Å². The first-order valence-electron chi connectivity index (χ1n) is 4.49. The molecule has 0 heterocycles. The van der Waals surface area contributed by atoms with Gasteiger partial charge < -0.3 is 5.11 Å². The molecule has 82 valence electrons. The van der Waals surface area contributed by atoms with E-state index < -0.39 is 10.0 Å². The van der Waals surface area contributed by atoms with E-state index in [2.05, 4.69) is 20.7 Å². The molecule has 0 saturated heterocycles. The van der Waals surface area contributed by atoms with Gasteiger partial charge in [-0.15, -0.1) is 0 Å². The maximum Gasteiger partial charge on any atom is 0.235 e. The Balaban J connectivity index is 2.27. The van der Waals surface area contributed by atoms with Gasteiger partial charge in [-0.3, -0.25) is 4.72 Å². The molecule has 4 nitrogen and oxygen atoms in total. The lowest BCUT2D eigenvalue weighted by Crippen LogP contribution is -2.17. The third-order valence-electron chi connectivity index (χ3n) is 2.17. The molecular weight excluding hydrogens is 282 g/mol. The molecule has 1 aliphatic rings. The largest absolute Gasteiger partial charge is 0.506 e. The highest BCUT2D eigenvalue weighted by atomic mass is 79.9. The van der Waals surface area contributed by atoms with Crippen molar-refractivity contribution in [1.29, 1.82) is 0 Å². The van der Waals surface area contributed by atoms with Crippen molar-refractivity contribution in [2.45, 2.75) is 18.1 Å². The molecule has 0 aromatic heterocycles. The van der Waals surface area contributed by atoms with Gasteiger partial charge in [0, 0.05) is 4.47 Å². The van der Waals surface area contributed by atoms with Gasteiger partial charge in [0.05, 0.1) is 10.9 Å². The standard InChI is InChI=1S/C9H10BrNO3S/c10-6-1-4-9(12)8(5-6)11-15(13,14)7-2-3-7/h1,4-5,7,11-12H,2-3H2. The number of hydrogen-bond acceptors (Lipinski definition) is 3. The lowest BCUT2D eigenvalue weighted by atomic mass is 10.3. The van der Waals surface area contributed by atoms with Gasteiger partial charge >= 0.3 is 0 Å². The van der Waals surface area contributed by atoms with E-state index in [4.69, 9.17) is 0 Å². The van der Waals surface area contributed by atoms with Crippen molar-refractivity contribution in [3.8, 4) is 5.75 Å². The number of phenolic OH excluding ortho intramolecular Hbond substituents is 1. The van der Waals surface area contributed by atoms with Crippen LogP contribution in [0.5, 0.6) is 5.75 Å². The number of nitrogens with one attached hydrogen (secondary N) is 1. The van der Waals surface area contributed by atoms with Crippen molar-refractivity contribution in [3.63, 3.8) is 0 Å². The van der Waals surface area contributed by atoms with Gasteiger partial charge in [-0.25, -0.2) is 8.42 Å². The van der Waals surface area contributed by atoms with Gasteiger partial charge in [-0.1, -0.05) is 15.9 Å². The molecule has 6 heteroatoms. The van der Waals surface area contributed by atoms with Crippen LogP contribution in [0.15, 0.2) is 22.7 Å². The highest BCUT2D eigenvalue weighted by molar-refractivity contribution is 9.10. The zero-order valence-electron chi connectivity index (χ0n) is 7.77. The number of benzene rings is 1. The van der Waals surface area contributed by atoms with E-state index in [1.807, 2.05) is 0 Å². The Kier molecular flexibility index (Phi) is 2.64. The van der Waals surface area contributed by atoms with E-state index in [-0.39, 0.29) is 16.7 Å². The SMILES string of the molecule is O=S(=O)(Nc1cc(Br)ccc1O)C1CC1. The minimum absolute atomic E-state index is 0.0672. The summed E-state index contributed by atoms with van der Waals surface area (Å²) in [6.45, 7) is 0. The maximum atomic E-state index is 11.6. The number of hydrogen-bond donors (Lipinski definition) is 2. The summed E-state index contributed by atoms with van der Waals surface area (Å²) in [5, 5.41) is 9.16. The molecule has 0 amide bonds. The Morgan fingerprint density at radius 2 is 2.07 bits per heavy atom. The predicted octanol–water partition coefficient (Wildman–Crippen LogP) is 2.06. The molecule has 1 aromatic carbocycles. The van der Waals surface area contributed by atoms with Crippen molar-refractivity contribution in [2.24, 2.45) is 0 Å². The molecule has 2 N–H and O–H groups in total. The molecule has 0 radical (unpaired) electrons. The summed E-state index contributed by atoms with van der Waals surface area (Å²) < 4.78 is 26.3. The Morgan fingerprint density at radius 3 is 2.67 bits per heavy atom.